The predicted octanol–water partition coefficient (Wildman–Crippen LogP) is 4.84. The molecule has 6 heteroatoms. The molecule has 6 nitrogen and oxygen atoms in total. The van der Waals surface area contributed by atoms with Gasteiger partial charge in [0.05, 0.1) is 29.5 Å². The summed E-state index contributed by atoms with van der Waals surface area (Å²) in [5.74, 6) is 0.458. The van der Waals surface area contributed by atoms with Gasteiger partial charge in [-0.05, 0) is 56.9 Å². The average molecular weight is 367 g/mol. The van der Waals surface area contributed by atoms with Gasteiger partial charge in [-0.1, -0.05) is 27.7 Å². The van der Waals surface area contributed by atoms with Gasteiger partial charge < -0.3 is 0 Å². The van der Waals surface area contributed by atoms with Gasteiger partial charge in [-0.25, -0.2) is 19.0 Å². The lowest BCUT2D eigenvalue weighted by molar-refractivity contribution is 0.750. The van der Waals surface area contributed by atoms with Gasteiger partial charge in [0.1, 0.15) is 0 Å². The van der Waals surface area contributed by atoms with Crippen molar-refractivity contribution >= 4 is 11.3 Å². The molecule has 0 aliphatic carbocycles. The zero-order chi connectivity index (χ0) is 20.1. The molecule has 0 atom stereocenters. The molecule has 0 saturated carbocycles. The van der Waals surface area contributed by atoms with E-state index in [1.165, 1.54) is 11.3 Å². The summed E-state index contributed by atoms with van der Waals surface area (Å²) in [6.45, 7) is 16.4. The minimum atomic E-state index is 0.458. The minimum Gasteiger partial charge on any atom is -0.232 e. The van der Waals surface area contributed by atoms with E-state index in [9.17, 15) is 0 Å². The molecule has 27 heavy (non-hydrogen) atoms. The zero-order valence-corrected chi connectivity index (χ0v) is 17.6. The molecule has 0 N–H and O–H groups in total. The van der Waals surface area contributed by atoms with E-state index in [0.29, 0.717) is 5.92 Å². The van der Waals surface area contributed by atoms with Crippen LogP contribution in [0.15, 0.2) is 30.7 Å². The van der Waals surface area contributed by atoms with Crippen LogP contribution < -0.4 is 0 Å². The molecule has 4 aromatic heterocycles. The van der Waals surface area contributed by atoms with Crippen LogP contribution >= 0.6 is 0 Å². The second kappa shape index (κ2) is 8.75. The Labute approximate surface area is 161 Å². The second-order valence-electron chi connectivity index (χ2n) is 6.70. The first-order valence-electron chi connectivity index (χ1n) is 9.46. The predicted molar refractivity (Wildman–Crippen MR) is 110 cm³/mol. The van der Waals surface area contributed by atoms with E-state index in [-0.39, 0.29) is 0 Å². The first-order chi connectivity index (χ1) is 12.9. The van der Waals surface area contributed by atoms with Crippen molar-refractivity contribution < 1.29 is 0 Å². The van der Waals surface area contributed by atoms with Crippen LogP contribution in [0.3, 0.4) is 0 Å². The maximum Gasteiger partial charge on any atom is 0.156 e. The van der Waals surface area contributed by atoms with E-state index in [4.69, 9.17) is 0 Å². The highest BCUT2D eigenvalue weighted by Crippen LogP contribution is 2.20. The molecule has 0 bridgehead atoms. The van der Waals surface area contributed by atoms with Crippen LogP contribution in [0, 0.1) is 27.7 Å². The summed E-state index contributed by atoms with van der Waals surface area (Å²) in [7, 11) is 0. The normalized spacial score (nSPS) is 10.6. The molecule has 0 amide bonds. The molecular weight excluding hydrogens is 336 g/mol. The number of imidazole rings is 2. The van der Waals surface area contributed by atoms with Crippen LogP contribution in [0.25, 0.3) is 11.3 Å². The molecule has 4 aromatic rings. The van der Waals surface area contributed by atoms with E-state index in [0.717, 1.165) is 28.2 Å². The highest BCUT2D eigenvalue weighted by molar-refractivity contribution is 5.48. The number of hydrogen-bond acceptors (Lipinski definition) is 4. The van der Waals surface area contributed by atoms with Gasteiger partial charge in [0.15, 0.2) is 11.3 Å². The molecule has 0 unspecified atom stereocenters. The lowest BCUT2D eigenvalue weighted by Gasteiger charge is -2.05. The number of fused-ring (bicyclic) bond motifs is 2. The summed E-state index contributed by atoms with van der Waals surface area (Å²) in [6, 6.07) is 4.01. The molecule has 0 fully saturated rings. The van der Waals surface area contributed by atoms with Crippen LogP contribution in [0.4, 0.5) is 0 Å². The average Bonchev–Trinajstić information content (AvgIpc) is 3.16. The third-order valence-corrected chi connectivity index (χ3v) is 4.06. The second-order valence-corrected chi connectivity index (χ2v) is 6.70. The zero-order valence-electron chi connectivity index (χ0n) is 17.6. The van der Waals surface area contributed by atoms with Crippen molar-refractivity contribution in [2.24, 2.45) is 0 Å². The first-order valence-corrected chi connectivity index (χ1v) is 9.46. The molecule has 0 aliphatic rings. The van der Waals surface area contributed by atoms with Gasteiger partial charge in [-0.3, -0.25) is 0 Å². The maximum absolute atomic E-state index is 4.53. The molecule has 144 valence electrons. The number of aryl methyl sites for hydroxylation is 4. The van der Waals surface area contributed by atoms with Crippen molar-refractivity contribution in [2.45, 2.75) is 61.3 Å². The van der Waals surface area contributed by atoms with Crippen molar-refractivity contribution in [3.05, 3.63) is 58.9 Å². The maximum atomic E-state index is 4.53. The fourth-order valence-corrected chi connectivity index (χ4v) is 2.94. The van der Waals surface area contributed by atoms with Crippen LogP contribution in [0.5, 0.6) is 0 Å². The van der Waals surface area contributed by atoms with Crippen molar-refractivity contribution in [2.75, 3.05) is 0 Å². The molecule has 0 spiro atoms. The van der Waals surface area contributed by atoms with Gasteiger partial charge in [0, 0.05) is 6.20 Å². The van der Waals surface area contributed by atoms with Gasteiger partial charge in [-0.2, -0.15) is 10.2 Å². The van der Waals surface area contributed by atoms with Crippen LogP contribution in [0.1, 0.15) is 61.8 Å². The first kappa shape index (κ1) is 20.6. The Morgan fingerprint density at radius 2 is 1.67 bits per heavy atom. The smallest absolute Gasteiger partial charge is 0.156 e. The lowest BCUT2D eigenvalue weighted by Crippen LogP contribution is -2.00. The molecule has 4 heterocycles. The van der Waals surface area contributed by atoms with E-state index in [2.05, 4.69) is 40.9 Å². The fraction of sp³-hybridized carbons (Fsp3) is 0.429. The Kier molecular flexibility index (Phi) is 6.66. The number of hydrogen-bond donors (Lipinski definition) is 0. The largest absolute Gasteiger partial charge is 0.232 e. The fourth-order valence-electron chi connectivity index (χ4n) is 2.94. The monoisotopic (exact) mass is 366 g/mol. The van der Waals surface area contributed by atoms with Crippen LogP contribution in [0.2, 0.25) is 0 Å². The molecule has 0 saturated heterocycles. The molecule has 4 rings (SSSR count). The summed E-state index contributed by atoms with van der Waals surface area (Å²) in [5, 5.41) is 8.49. The Hall–Kier alpha value is -2.76. The number of nitrogens with zero attached hydrogens (tertiary/aromatic N) is 6. The topological polar surface area (TPSA) is 60.4 Å². The summed E-state index contributed by atoms with van der Waals surface area (Å²) in [5.41, 5.74) is 7.52. The Morgan fingerprint density at radius 1 is 0.963 bits per heavy atom. The third-order valence-electron chi connectivity index (χ3n) is 4.06. The number of aromatic nitrogens is 6. The number of rotatable bonds is 1. The van der Waals surface area contributed by atoms with Gasteiger partial charge in [0.25, 0.3) is 0 Å². The summed E-state index contributed by atoms with van der Waals surface area (Å²) in [6.07, 6.45) is 5.57. The molecule has 0 aliphatic heterocycles. The SMILES string of the molecule is CC.Cc1cnn2cc(C)nc2c1.Cc1nc2c(C)ccnn2c1C(C)C. The molecule has 0 aromatic carbocycles. The highest BCUT2D eigenvalue weighted by atomic mass is 15.3. The highest BCUT2D eigenvalue weighted by Gasteiger charge is 2.13. The van der Waals surface area contributed by atoms with Gasteiger partial charge in [0.2, 0.25) is 0 Å². The summed E-state index contributed by atoms with van der Waals surface area (Å²) >= 11 is 0. The van der Waals surface area contributed by atoms with Crippen molar-refractivity contribution in [1.82, 2.24) is 29.2 Å². The van der Waals surface area contributed by atoms with E-state index in [1.807, 2.05) is 69.9 Å². The Balaban J connectivity index is 0.000000181. The van der Waals surface area contributed by atoms with Gasteiger partial charge >= 0.3 is 0 Å². The van der Waals surface area contributed by atoms with Gasteiger partial charge in [-0.15, -0.1) is 0 Å². The van der Waals surface area contributed by atoms with E-state index in [1.54, 1.807) is 4.52 Å². The van der Waals surface area contributed by atoms with E-state index < -0.39 is 0 Å². The molecular formula is C21H30N6. The quantitative estimate of drug-likeness (QED) is 0.483. The standard InChI is InChI=1S/C11H15N3.C8H9N3.C2H6/c1-7(2)10-9(4)13-11-8(3)5-6-12-14(10)11;1-6-3-8-10-7(2)5-11(8)9-4-6;1-2/h5-7H,1-4H3;3-5H,1-2H3;1-2H3. The van der Waals surface area contributed by atoms with Crippen LogP contribution in [-0.2, 0) is 0 Å². The minimum absolute atomic E-state index is 0.458. The summed E-state index contributed by atoms with van der Waals surface area (Å²) in [4.78, 5) is 8.81. The van der Waals surface area contributed by atoms with E-state index >= 15 is 0 Å². The lowest BCUT2D eigenvalue weighted by atomic mass is 10.1. The van der Waals surface area contributed by atoms with Crippen molar-refractivity contribution in [1.29, 1.82) is 0 Å². The summed E-state index contributed by atoms with van der Waals surface area (Å²) < 4.78 is 3.73. The third kappa shape index (κ3) is 4.51. The van der Waals surface area contributed by atoms with Crippen molar-refractivity contribution in [3.63, 3.8) is 0 Å². The Bertz CT molecular complexity index is 1030. The molecule has 0 radical (unpaired) electrons. The van der Waals surface area contributed by atoms with Crippen molar-refractivity contribution in [3.8, 4) is 0 Å². The van der Waals surface area contributed by atoms with Crippen LogP contribution in [-0.4, -0.2) is 29.2 Å². The Morgan fingerprint density at radius 3 is 2.33 bits per heavy atom.